The van der Waals surface area contributed by atoms with Gasteiger partial charge in [-0.05, 0) is 5.56 Å². The molecule has 148 valence electrons. The highest BCUT2D eigenvalue weighted by Gasteiger charge is 2.43. The van der Waals surface area contributed by atoms with Crippen molar-refractivity contribution in [2.45, 2.75) is 5.92 Å². The van der Waals surface area contributed by atoms with E-state index in [1.54, 1.807) is 24.3 Å². The van der Waals surface area contributed by atoms with Crippen LogP contribution in [0.4, 0.5) is 5.82 Å². The molecule has 0 saturated carbocycles. The number of Topliss-reactive ketones (excluding diaryl/α,β-unsaturated/α-hetero) is 2. The number of benzene rings is 2. The van der Waals surface area contributed by atoms with Crippen LogP contribution in [-0.2, 0) is 14.1 Å². The highest BCUT2D eigenvalue weighted by molar-refractivity contribution is 6.29. The Bertz CT molecular complexity index is 1410. The van der Waals surface area contributed by atoms with Crippen LogP contribution in [0.2, 0.25) is 0 Å². The standard InChI is InChI=1S/C23H17N3O4/c1-25-21-17(22(29)26(2)23(25)30)15(12-8-4-3-5-9-12)16-18(24-21)20(28)14-11-7-6-10-13(14)19(16)27/h3-11,15,24H,1-2H3. The summed E-state index contributed by atoms with van der Waals surface area (Å²) < 4.78 is 2.32. The van der Waals surface area contributed by atoms with E-state index in [4.69, 9.17) is 0 Å². The molecule has 7 nitrogen and oxygen atoms in total. The molecule has 0 fully saturated rings. The van der Waals surface area contributed by atoms with Crippen LogP contribution in [0.1, 0.15) is 37.8 Å². The number of hydrogen-bond donors (Lipinski definition) is 1. The fraction of sp³-hybridized carbons (Fsp3) is 0.130. The lowest BCUT2D eigenvalue weighted by Gasteiger charge is -2.34. The van der Waals surface area contributed by atoms with E-state index in [9.17, 15) is 19.2 Å². The number of ketones is 2. The summed E-state index contributed by atoms with van der Waals surface area (Å²) in [6, 6.07) is 15.7. The molecule has 30 heavy (non-hydrogen) atoms. The molecule has 1 atom stereocenters. The minimum Gasteiger partial charge on any atom is -0.338 e. The molecule has 5 rings (SSSR count). The third-order valence-electron chi connectivity index (χ3n) is 5.81. The minimum absolute atomic E-state index is 0.114. The fourth-order valence-corrected chi connectivity index (χ4v) is 4.32. The van der Waals surface area contributed by atoms with Crippen molar-refractivity contribution in [3.8, 4) is 0 Å². The number of rotatable bonds is 1. The zero-order valence-corrected chi connectivity index (χ0v) is 16.3. The molecule has 1 N–H and O–H groups in total. The van der Waals surface area contributed by atoms with Crippen molar-refractivity contribution in [1.29, 1.82) is 0 Å². The van der Waals surface area contributed by atoms with Crippen molar-refractivity contribution in [2.24, 2.45) is 14.1 Å². The van der Waals surface area contributed by atoms with Crippen LogP contribution >= 0.6 is 0 Å². The SMILES string of the molecule is Cn1c2c(c(=O)n(C)c1=O)C(c1ccccc1)C1=C(N2)C(=O)c2ccccc2C1=O. The van der Waals surface area contributed by atoms with Crippen LogP contribution in [0, 0.1) is 0 Å². The number of nitrogens with zero attached hydrogens (tertiary/aromatic N) is 2. The normalized spacial score (nSPS) is 17.2. The zero-order chi connectivity index (χ0) is 21.2. The van der Waals surface area contributed by atoms with Crippen molar-refractivity contribution in [3.05, 3.63) is 109 Å². The van der Waals surface area contributed by atoms with E-state index >= 15 is 0 Å². The van der Waals surface area contributed by atoms with Gasteiger partial charge in [0.05, 0.1) is 11.3 Å². The van der Waals surface area contributed by atoms with Crippen molar-refractivity contribution in [1.82, 2.24) is 9.13 Å². The monoisotopic (exact) mass is 399 g/mol. The summed E-state index contributed by atoms with van der Waals surface area (Å²) in [5.41, 5.74) is 0.912. The van der Waals surface area contributed by atoms with Crippen molar-refractivity contribution >= 4 is 17.4 Å². The molecular formula is C23H17N3O4. The summed E-state index contributed by atoms with van der Waals surface area (Å²) in [5, 5.41) is 2.96. The topological polar surface area (TPSA) is 90.2 Å². The summed E-state index contributed by atoms with van der Waals surface area (Å²) in [4.78, 5) is 52.5. The molecule has 1 unspecified atom stereocenters. The lowest BCUT2D eigenvalue weighted by molar-refractivity contribution is 0.0970. The van der Waals surface area contributed by atoms with E-state index in [1.807, 2.05) is 30.3 Å². The summed E-state index contributed by atoms with van der Waals surface area (Å²) in [7, 11) is 2.93. The Morgan fingerprint density at radius 3 is 2.03 bits per heavy atom. The highest BCUT2D eigenvalue weighted by Crippen LogP contribution is 2.43. The van der Waals surface area contributed by atoms with Crippen molar-refractivity contribution in [3.63, 3.8) is 0 Å². The van der Waals surface area contributed by atoms with Gasteiger partial charge in [0.15, 0.2) is 5.78 Å². The van der Waals surface area contributed by atoms with Gasteiger partial charge in [-0.2, -0.15) is 0 Å². The van der Waals surface area contributed by atoms with Gasteiger partial charge >= 0.3 is 5.69 Å². The number of carbonyl (C=O) groups excluding carboxylic acids is 2. The summed E-state index contributed by atoms with van der Waals surface area (Å²) >= 11 is 0. The van der Waals surface area contributed by atoms with E-state index in [2.05, 4.69) is 5.32 Å². The van der Waals surface area contributed by atoms with Gasteiger partial charge in [0.2, 0.25) is 5.78 Å². The first-order valence-corrected chi connectivity index (χ1v) is 9.46. The molecule has 1 aliphatic heterocycles. The van der Waals surface area contributed by atoms with Crippen LogP contribution in [-0.4, -0.2) is 20.7 Å². The highest BCUT2D eigenvalue weighted by atomic mass is 16.2. The molecule has 1 aromatic heterocycles. The quantitative estimate of drug-likeness (QED) is 0.676. The number of nitrogens with one attached hydrogen (secondary N) is 1. The Hall–Kier alpha value is -4.00. The molecule has 0 radical (unpaired) electrons. The van der Waals surface area contributed by atoms with Crippen LogP contribution in [0.15, 0.2) is 75.5 Å². The molecule has 2 heterocycles. The Morgan fingerprint density at radius 2 is 1.37 bits per heavy atom. The lowest BCUT2D eigenvalue weighted by atomic mass is 9.74. The lowest BCUT2D eigenvalue weighted by Crippen LogP contribution is -2.45. The second-order valence-electron chi connectivity index (χ2n) is 7.43. The number of hydrogen-bond acceptors (Lipinski definition) is 5. The molecule has 2 aliphatic rings. The van der Waals surface area contributed by atoms with E-state index in [1.165, 1.54) is 18.7 Å². The van der Waals surface area contributed by atoms with E-state index in [0.29, 0.717) is 16.7 Å². The van der Waals surface area contributed by atoms with Gasteiger partial charge in [0.25, 0.3) is 5.56 Å². The first kappa shape index (κ1) is 18.1. The van der Waals surface area contributed by atoms with Gasteiger partial charge in [0.1, 0.15) is 5.82 Å². The Labute approximate surface area is 170 Å². The molecular weight excluding hydrogens is 382 g/mol. The van der Waals surface area contributed by atoms with E-state index in [0.717, 1.165) is 4.57 Å². The zero-order valence-electron chi connectivity index (χ0n) is 16.3. The summed E-state index contributed by atoms with van der Waals surface area (Å²) in [6.45, 7) is 0. The maximum atomic E-state index is 13.5. The molecule has 0 bridgehead atoms. The smallest absolute Gasteiger partial charge is 0.332 e. The largest absolute Gasteiger partial charge is 0.338 e. The third kappa shape index (κ3) is 2.26. The van der Waals surface area contributed by atoms with Gasteiger partial charge in [-0.25, -0.2) is 4.79 Å². The number of carbonyl (C=O) groups is 2. The Morgan fingerprint density at radius 1 is 0.767 bits per heavy atom. The van der Waals surface area contributed by atoms with Crippen LogP contribution in [0.3, 0.4) is 0 Å². The maximum Gasteiger partial charge on any atom is 0.332 e. The summed E-state index contributed by atoms with van der Waals surface area (Å²) in [6.07, 6.45) is 0. The average Bonchev–Trinajstić information content (AvgIpc) is 2.79. The van der Waals surface area contributed by atoms with Gasteiger partial charge in [0, 0.05) is 36.7 Å². The molecule has 3 aromatic rings. The van der Waals surface area contributed by atoms with Crippen LogP contribution in [0.5, 0.6) is 0 Å². The number of fused-ring (bicyclic) bond motifs is 2. The molecule has 7 heteroatoms. The second kappa shape index (κ2) is 6.25. The molecule has 0 spiro atoms. The average molecular weight is 399 g/mol. The van der Waals surface area contributed by atoms with Crippen LogP contribution in [0.25, 0.3) is 0 Å². The number of allylic oxidation sites excluding steroid dienone is 2. The molecule has 2 aromatic carbocycles. The molecule has 0 amide bonds. The van der Waals surface area contributed by atoms with Gasteiger partial charge < -0.3 is 5.32 Å². The van der Waals surface area contributed by atoms with Crippen LogP contribution < -0.4 is 16.6 Å². The third-order valence-corrected chi connectivity index (χ3v) is 5.81. The molecule has 1 aliphatic carbocycles. The van der Waals surface area contributed by atoms with E-state index in [-0.39, 0.29) is 34.2 Å². The molecule has 0 saturated heterocycles. The number of anilines is 1. The van der Waals surface area contributed by atoms with Gasteiger partial charge in [-0.1, -0.05) is 54.6 Å². The maximum absolute atomic E-state index is 13.5. The number of aromatic nitrogens is 2. The first-order chi connectivity index (χ1) is 14.4. The summed E-state index contributed by atoms with van der Waals surface area (Å²) in [5.74, 6) is -1.17. The predicted octanol–water partition coefficient (Wildman–Crippen LogP) is 1.97. The predicted molar refractivity (Wildman–Crippen MR) is 111 cm³/mol. The minimum atomic E-state index is -0.771. The fourth-order valence-electron chi connectivity index (χ4n) is 4.32. The van der Waals surface area contributed by atoms with E-state index < -0.39 is 17.2 Å². The Balaban J connectivity index is 1.90. The van der Waals surface area contributed by atoms with Crippen molar-refractivity contribution in [2.75, 3.05) is 5.32 Å². The Kier molecular flexibility index (Phi) is 3.76. The van der Waals surface area contributed by atoms with Crippen molar-refractivity contribution < 1.29 is 9.59 Å². The second-order valence-corrected chi connectivity index (χ2v) is 7.43. The first-order valence-electron chi connectivity index (χ1n) is 9.46. The van der Waals surface area contributed by atoms with Gasteiger partial charge in [-0.3, -0.25) is 23.5 Å². The van der Waals surface area contributed by atoms with Gasteiger partial charge in [-0.15, -0.1) is 0 Å².